The third-order valence-corrected chi connectivity index (χ3v) is 2.65. The number of halogens is 3. The van der Waals surface area contributed by atoms with E-state index >= 15 is 0 Å². The Morgan fingerprint density at radius 2 is 2.17 bits per heavy atom. The number of pyridine rings is 1. The first-order valence-electron chi connectivity index (χ1n) is 5.85. The van der Waals surface area contributed by atoms with Gasteiger partial charge in [-0.2, -0.15) is 13.2 Å². The van der Waals surface area contributed by atoms with Crippen molar-refractivity contribution in [1.29, 1.82) is 0 Å². The monoisotopic (exact) mass is 260 g/mol. The summed E-state index contributed by atoms with van der Waals surface area (Å²) in [5.74, 6) is 0. The number of rotatable bonds is 6. The van der Waals surface area contributed by atoms with Gasteiger partial charge in [-0.3, -0.25) is 4.98 Å². The van der Waals surface area contributed by atoms with E-state index in [9.17, 15) is 13.2 Å². The molecule has 0 radical (unpaired) electrons. The van der Waals surface area contributed by atoms with Crippen LogP contribution >= 0.6 is 0 Å². The van der Waals surface area contributed by atoms with Crippen molar-refractivity contribution in [2.45, 2.75) is 38.2 Å². The molecule has 1 heterocycles. The molecule has 0 aliphatic heterocycles. The van der Waals surface area contributed by atoms with E-state index in [0.29, 0.717) is 18.3 Å². The predicted octanol–water partition coefficient (Wildman–Crippen LogP) is 2.41. The minimum absolute atomic E-state index is 0.109. The predicted molar refractivity (Wildman–Crippen MR) is 59.8 cm³/mol. The van der Waals surface area contributed by atoms with Crippen molar-refractivity contribution in [1.82, 2.24) is 10.3 Å². The number of ether oxygens (including phenoxy) is 1. The average Bonchev–Trinajstić information content (AvgIpc) is 3.10. The van der Waals surface area contributed by atoms with Gasteiger partial charge in [0.1, 0.15) is 6.61 Å². The van der Waals surface area contributed by atoms with Crippen molar-refractivity contribution >= 4 is 0 Å². The molecule has 0 amide bonds. The fourth-order valence-corrected chi connectivity index (χ4v) is 1.57. The Balaban J connectivity index is 1.85. The van der Waals surface area contributed by atoms with Crippen molar-refractivity contribution in [3.63, 3.8) is 0 Å². The second-order valence-corrected chi connectivity index (χ2v) is 4.37. The molecule has 0 saturated heterocycles. The van der Waals surface area contributed by atoms with Gasteiger partial charge in [0, 0.05) is 18.8 Å². The quantitative estimate of drug-likeness (QED) is 0.853. The number of hydrogen-bond acceptors (Lipinski definition) is 3. The molecule has 1 aliphatic carbocycles. The van der Waals surface area contributed by atoms with Crippen molar-refractivity contribution < 1.29 is 17.9 Å². The lowest BCUT2D eigenvalue weighted by Crippen LogP contribution is -2.19. The van der Waals surface area contributed by atoms with Crippen molar-refractivity contribution in [3.8, 4) is 0 Å². The van der Waals surface area contributed by atoms with E-state index in [1.54, 1.807) is 12.3 Å². The highest BCUT2D eigenvalue weighted by molar-refractivity contribution is 5.19. The summed E-state index contributed by atoms with van der Waals surface area (Å²) in [5.41, 5.74) is 1.46. The van der Waals surface area contributed by atoms with Crippen molar-refractivity contribution in [3.05, 3.63) is 29.6 Å². The maximum absolute atomic E-state index is 12.0. The maximum Gasteiger partial charge on any atom is 0.411 e. The molecule has 1 N–H and O–H groups in total. The second-order valence-electron chi connectivity index (χ2n) is 4.37. The van der Waals surface area contributed by atoms with Gasteiger partial charge < -0.3 is 10.1 Å². The van der Waals surface area contributed by atoms with Crippen molar-refractivity contribution in [2.24, 2.45) is 0 Å². The van der Waals surface area contributed by atoms with E-state index in [0.717, 1.165) is 5.56 Å². The summed E-state index contributed by atoms with van der Waals surface area (Å²) in [6.07, 6.45) is -0.394. The van der Waals surface area contributed by atoms with Crippen LogP contribution in [0.2, 0.25) is 0 Å². The fourth-order valence-electron chi connectivity index (χ4n) is 1.57. The first-order chi connectivity index (χ1) is 8.54. The summed E-state index contributed by atoms with van der Waals surface area (Å²) < 4.78 is 40.5. The van der Waals surface area contributed by atoms with Gasteiger partial charge in [-0.25, -0.2) is 0 Å². The number of nitrogens with one attached hydrogen (secondary N) is 1. The highest BCUT2D eigenvalue weighted by Crippen LogP contribution is 2.20. The van der Waals surface area contributed by atoms with Gasteiger partial charge in [0.25, 0.3) is 0 Å². The molecule has 0 atom stereocenters. The van der Waals surface area contributed by atoms with E-state index in [1.807, 2.05) is 6.07 Å². The Kier molecular flexibility index (Phi) is 4.19. The van der Waals surface area contributed by atoms with E-state index in [2.05, 4.69) is 15.0 Å². The molecule has 3 nitrogen and oxygen atoms in total. The van der Waals surface area contributed by atoms with E-state index < -0.39 is 12.8 Å². The maximum atomic E-state index is 12.0. The van der Waals surface area contributed by atoms with Crippen LogP contribution in [0.3, 0.4) is 0 Å². The highest BCUT2D eigenvalue weighted by atomic mass is 19.4. The molecular weight excluding hydrogens is 245 g/mol. The molecule has 0 aromatic carbocycles. The zero-order chi connectivity index (χ0) is 13.0. The largest absolute Gasteiger partial charge is 0.411 e. The average molecular weight is 260 g/mol. The topological polar surface area (TPSA) is 34.1 Å². The first kappa shape index (κ1) is 13.3. The van der Waals surface area contributed by atoms with Gasteiger partial charge in [-0.05, 0) is 24.5 Å². The molecule has 0 unspecified atom stereocenters. The lowest BCUT2D eigenvalue weighted by molar-refractivity contribution is -0.176. The Morgan fingerprint density at radius 3 is 2.83 bits per heavy atom. The number of aromatic nitrogens is 1. The molecule has 6 heteroatoms. The number of nitrogens with zero attached hydrogens (tertiary/aromatic N) is 1. The Bertz CT molecular complexity index is 391. The fraction of sp³-hybridized carbons (Fsp3) is 0.583. The van der Waals surface area contributed by atoms with Crippen LogP contribution in [0, 0.1) is 0 Å². The molecule has 0 spiro atoms. The zero-order valence-corrected chi connectivity index (χ0v) is 9.83. The van der Waals surface area contributed by atoms with Crippen LogP contribution in [0.25, 0.3) is 0 Å². The van der Waals surface area contributed by atoms with Gasteiger partial charge in [0.2, 0.25) is 0 Å². The number of hydrogen-bond donors (Lipinski definition) is 1. The summed E-state index contributed by atoms with van der Waals surface area (Å²) in [6, 6.07) is 4.18. The smallest absolute Gasteiger partial charge is 0.366 e. The summed E-state index contributed by atoms with van der Waals surface area (Å²) >= 11 is 0. The Hall–Kier alpha value is -1.14. The van der Waals surface area contributed by atoms with E-state index in [-0.39, 0.29) is 6.61 Å². The van der Waals surface area contributed by atoms with Gasteiger partial charge in [0.05, 0.1) is 12.3 Å². The lowest BCUT2D eigenvalue weighted by atomic mass is 10.2. The molecule has 2 rings (SSSR count). The van der Waals surface area contributed by atoms with Crippen LogP contribution in [0.1, 0.15) is 24.1 Å². The van der Waals surface area contributed by atoms with E-state index in [4.69, 9.17) is 0 Å². The Labute approximate surface area is 103 Å². The Morgan fingerprint density at radius 1 is 1.39 bits per heavy atom. The molecule has 1 fully saturated rings. The molecule has 18 heavy (non-hydrogen) atoms. The van der Waals surface area contributed by atoms with Crippen LogP contribution < -0.4 is 5.32 Å². The number of alkyl halides is 3. The molecule has 1 aliphatic rings. The molecule has 100 valence electrons. The van der Waals surface area contributed by atoms with Crippen LogP contribution in [-0.2, 0) is 17.9 Å². The van der Waals surface area contributed by atoms with Crippen LogP contribution in [0.4, 0.5) is 13.2 Å². The summed E-state index contributed by atoms with van der Waals surface area (Å²) in [4.78, 5) is 4.06. The minimum Gasteiger partial charge on any atom is -0.366 e. The SMILES string of the molecule is FC(F)(F)COCc1ncccc1CNC1CC1. The summed E-state index contributed by atoms with van der Waals surface area (Å²) in [5, 5.41) is 3.30. The standard InChI is InChI=1S/C12H15F3N2O/c13-12(14,15)8-18-7-11-9(2-1-5-16-11)6-17-10-3-4-10/h1-2,5,10,17H,3-4,6-8H2. The first-order valence-corrected chi connectivity index (χ1v) is 5.85. The minimum atomic E-state index is -4.29. The van der Waals surface area contributed by atoms with E-state index in [1.165, 1.54) is 12.8 Å². The third kappa shape index (κ3) is 4.62. The lowest BCUT2D eigenvalue weighted by Gasteiger charge is -2.11. The van der Waals surface area contributed by atoms with Gasteiger partial charge in [-0.15, -0.1) is 0 Å². The molecule has 1 aromatic rings. The normalized spacial score (nSPS) is 15.9. The van der Waals surface area contributed by atoms with Crippen LogP contribution in [-0.4, -0.2) is 23.8 Å². The second kappa shape index (κ2) is 5.67. The van der Waals surface area contributed by atoms with Crippen LogP contribution in [0.5, 0.6) is 0 Å². The summed E-state index contributed by atoms with van der Waals surface area (Å²) in [7, 11) is 0. The highest BCUT2D eigenvalue weighted by Gasteiger charge is 2.27. The van der Waals surface area contributed by atoms with Gasteiger partial charge in [-0.1, -0.05) is 6.07 Å². The molecule has 1 saturated carbocycles. The molecule has 0 bridgehead atoms. The van der Waals surface area contributed by atoms with Crippen LogP contribution in [0.15, 0.2) is 18.3 Å². The third-order valence-electron chi connectivity index (χ3n) is 2.65. The summed E-state index contributed by atoms with van der Waals surface area (Å²) in [6.45, 7) is -0.718. The van der Waals surface area contributed by atoms with Gasteiger partial charge >= 0.3 is 6.18 Å². The molecular formula is C12H15F3N2O. The van der Waals surface area contributed by atoms with Crippen molar-refractivity contribution in [2.75, 3.05) is 6.61 Å². The molecule has 1 aromatic heterocycles. The zero-order valence-electron chi connectivity index (χ0n) is 9.83. The van der Waals surface area contributed by atoms with Gasteiger partial charge in [0.15, 0.2) is 0 Å².